The molecule has 0 spiro atoms. The van der Waals surface area contributed by atoms with E-state index in [4.69, 9.17) is 11.6 Å². The van der Waals surface area contributed by atoms with Crippen LogP contribution in [0.4, 0.5) is 14.5 Å². The van der Waals surface area contributed by atoms with Crippen LogP contribution >= 0.6 is 11.6 Å². The quantitative estimate of drug-likeness (QED) is 0.451. The van der Waals surface area contributed by atoms with E-state index < -0.39 is 60.1 Å². The van der Waals surface area contributed by atoms with E-state index in [1.54, 1.807) is 0 Å². The molecule has 0 aromatic heterocycles. The molecule has 3 unspecified atom stereocenters. The van der Waals surface area contributed by atoms with E-state index in [-0.39, 0.29) is 52.0 Å². The Morgan fingerprint density at radius 2 is 1.82 bits per heavy atom. The van der Waals surface area contributed by atoms with Gasteiger partial charge in [-0.25, -0.2) is 30.3 Å². The first-order valence-corrected chi connectivity index (χ1v) is 15.8. The van der Waals surface area contributed by atoms with Crippen LogP contribution in [0, 0.1) is 36.3 Å². The molecule has 38 heavy (non-hydrogen) atoms. The maximum atomic E-state index is 13.9. The van der Waals surface area contributed by atoms with Crippen LogP contribution in [-0.2, 0) is 19.9 Å². The zero-order valence-electron chi connectivity index (χ0n) is 21.0. The fraction of sp³-hybridized carbons (Fsp3) is 0.480. The summed E-state index contributed by atoms with van der Waals surface area (Å²) in [6.07, 6.45) is 1.74. The van der Waals surface area contributed by atoms with Gasteiger partial charge < -0.3 is 10.4 Å². The highest BCUT2D eigenvalue weighted by Crippen LogP contribution is 2.54. The van der Waals surface area contributed by atoms with E-state index in [0.717, 1.165) is 18.4 Å². The normalized spacial score (nSPS) is 27.3. The number of anilines is 1. The zero-order chi connectivity index (χ0) is 28.2. The standard InChI is InChI=1S/C25H29ClF2N2O6S2/c1-13-8-16-10-17(11-18(13)25(16,32)12-29-37(3,33)34)38(35,36)22-9-15(4-5-19(22)26)24(31)30-21-7-6-20(27)23(28)14(21)2/h4-7,9,13,16-18,29,32H,8,10-12H2,1-3H3,(H,30,31)/t13-,16?,17?,18?,25+/m0/s1. The molecule has 4 rings (SSSR count). The first kappa shape index (κ1) is 28.9. The molecule has 3 N–H and O–H groups in total. The number of aliphatic hydroxyl groups is 1. The number of sulfonamides is 1. The van der Waals surface area contributed by atoms with Gasteiger partial charge in [0.2, 0.25) is 10.0 Å². The smallest absolute Gasteiger partial charge is 0.255 e. The van der Waals surface area contributed by atoms with Crippen LogP contribution in [0.15, 0.2) is 35.2 Å². The Morgan fingerprint density at radius 3 is 2.45 bits per heavy atom. The Kier molecular flexibility index (Phi) is 7.69. The lowest BCUT2D eigenvalue weighted by molar-refractivity contribution is -0.0576. The molecule has 2 aromatic carbocycles. The Labute approximate surface area is 225 Å². The molecule has 0 radical (unpaired) electrons. The van der Waals surface area contributed by atoms with Gasteiger partial charge in [0.1, 0.15) is 0 Å². The van der Waals surface area contributed by atoms with Crippen LogP contribution in [0.2, 0.25) is 5.02 Å². The van der Waals surface area contributed by atoms with Gasteiger partial charge in [-0.3, -0.25) is 4.79 Å². The number of amides is 1. The maximum absolute atomic E-state index is 13.9. The third-order valence-corrected chi connectivity index (χ3v) is 11.2. The predicted molar refractivity (Wildman–Crippen MR) is 139 cm³/mol. The Morgan fingerprint density at radius 1 is 1.13 bits per heavy atom. The zero-order valence-corrected chi connectivity index (χ0v) is 23.4. The molecule has 2 aromatic rings. The van der Waals surface area contributed by atoms with Gasteiger partial charge in [-0.15, -0.1) is 0 Å². The van der Waals surface area contributed by atoms with E-state index in [1.165, 1.54) is 25.1 Å². The topological polar surface area (TPSA) is 130 Å². The molecule has 0 saturated heterocycles. The molecule has 5 atom stereocenters. The van der Waals surface area contributed by atoms with Gasteiger partial charge >= 0.3 is 0 Å². The fourth-order valence-corrected chi connectivity index (χ4v) is 8.72. The number of carbonyl (C=O) groups is 1. The van der Waals surface area contributed by atoms with Crippen LogP contribution in [-0.4, -0.2) is 51.5 Å². The van der Waals surface area contributed by atoms with Gasteiger partial charge in [0, 0.05) is 23.4 Å². The van der Waals surface area contributed by atoms with Crippen molar-refractivity contribution in [2.24, 2.45) is 17.8 Å². The summed E-state index contributed by atoms with van der Waals surface area (Å²) in [4.78, 5) is 12.6. The van der Waals surface area contributed by atoms with Gasteiger partial charge in [0.25, 0.3) is 5.91 Å². The number of benzene rings is 2. The number of fused-ring (bicyclic) bond motifs is 2. The first-order chi connectivity index (χ1) is 17.5. The van der Waals surface area contributed by atoms with Crippen LogP contribution in [0.1, 0.15) is 42.1 Å². The van der Waals surface area contributed by atoms with Crippen LogP contribution < -0.4 is 10.0 Å². The molecule has 13 heteroatoms. The molecule has 2 aliphatic carbocycles. The van der Waals surface area contributed by atoms with E-state index in [1.807, 2.05) is 6.92 Å². The van der Waals surface area contributed by atoms with Crippen molar-refractivity contribution in [3.63, 3.8) is 0 Å². The summed E-state index contributed by atoms with van der Waals surface area (Å²) in [6, 6.07) is 5.85. The summed E-state index contributed by atoms with van der Waals surface area (Å²) >= 11 is 6.27. The molecule has 2 aliphatic rings. The Hall–Kier alpha value is -2.12. The van der Waals surface area contributed by atoms with Gasteiger partial charge in [-0.05, 0) is 74.3 Å². The summed E-state index contributed by atoms with van der Waals surface area (Å²) in [5.41, 5.74) is -1.49. The lowest BCUT2D eigenvalue weighted by atomic mass is 9.73. The minimum absolute atomic E-state index is 0.0292. The van der Waals surface area contributed by atoms with Gasteiger partial charge in [0.05, 0.1) is 27.0 Å². The van der Waals surface area contributed by atoms with E-state index in [9.17, 15) is 35.5 Å². The SMILES string of the molecule is Cc1c(NC(=O)c2ccc(Cl)c(S(=O)(=O)C3CC4C[C@H](C)C(C3)[C@@]4(O)CNS(C)(=O)=O)c2)ccc(F)c1F. The monoisotopic (exact) mass is 590 g/mol. The van der Waals surface area contributed by atoms with Crippen molar-refractivity contribution >= 4 is 43.1 Å². The van der Waals surface area contributed by atoms with Crippen molar-refractivity contribution in [2.45, 2.75) is 48.9 Å². The number of carbonyl (C=O) groups excluding carboxylic acids is 1. The third-order valence-electron chi connectivity index (χ3n) is 7.90. The summed E-state index contributed by atoms with van der Waals surface area (Å²) in [6.45, 7) is 3.01. The van der Waals surface area contributed by atoms with Crippen molar-refractivity contribution in [3.8, 4) is 0 Å². The van der Waals surface area contributed by atoms with Crippen LogP contribution in [0.5, 0.6) is 0 Å². The summed E-state index contributed by atoms with van der Waals surface area (Å²) in [5, 5.41) is 12.9. The molecule has 2 saturated carbocycles. The van der Waals surface area contributed by atoms with Crippen molar-refractivity contribution in [3.05, 3.63) is 58.1 Å². The largest absolute Gasteiger partial charge is 0.388 e. The minimum Gasteiger partial charge on any atom is -0.388 e. The van der Waals surface area contributed by atoms with Crippen LogP contribution in [0.3, 0.4) is 0 Å². The summed E-state index contributed by atoms with van der Waals surface area (Å²) in [5.74, 6) is -3.84. The van der Waals surface area contributed by atoms with Gasteiger partial charge in [0.15, 0.2) is 21.5 Å². The Balaban J connectivity index is 1.59. The summed E-state index contributed by atoms with van der Waals surface area (Å²) < 4.78 is 80.4. The number of halogens is 3. The van der Waals surface area contributed by atoms with Crippen molar-refractivity contribution in [1.29, 1.82) is 0 Å². The van der Waals surface area contributed by atoms with E-state index in [2.05, 4.69) is 10.0 Å². The second kappa shape index (κ2) is 10.1. The second-order valence-electron chi connectivity index (χ2n) is 10.4. The van der Waals surface area contributed by atoms with Gasteiger partial charge in [-0.1, -0.05) is 18.5 Å². The van der Waals surface area contributed by atoms with Crippen molar-refractivity contribution in [1.82, 2.24) is 4.72 Å². The van der Waals surface area contributed by atoms with E-state index in [0.29, 0.717) is 6.42 Å². The molecular formula is C25H29ClF2N2O6S2. The molecule has 1 amide bonds. The predicted octanol–water partition coefficient (Wildman–Crippen LogP) is 3.67. The third kappa shape index (κ3) is 5.33. The average molecular weight is 591 g/mol. The Bertz CT molecular complexity index is 1500. The molecule has 2 fully saturated rings. The maximum Gasteiger partial charge on any atom is 0.255 e. The molecule has 2 bridgehead atoms. The second-order valence-corrected chi connectivity index (χ2v) is 14.8. The highest BCUT2D eigenvalue weighted by atomic mass is 35.5. The highest BCUT2D eigenvalue weighted by Gasteiger charge is 2.58. The highest BCUT2D eigenvalue weighted by molar-refractivity contribution is 7.92. The number of hydrogen-bond acceptors (Lipinski definition) is 6. The lowest BCUT2D eigenvalue weighted by Gasteiger charge is -2.43. The molecule has 0 aliphatic heterocycles. The minimum atomic E-state index is -4.06. The summed E-state index contributed by atoms with van der Waals surface area (Å²) in [7, 11) is -7.61. The fourth-order valence-electron chi connectivity index (χ4n) is 5.85. The average Bonchev–Trinajstić information content (AvgIpc) is 2.95. The number of nitrogens with one attached hydrogen (secondary N) is 2. The first-order valence-electron chi connectivity index (χ1n) is 12.0. The number of hydrogen-bond donors (Lipinski definition) is 3. The number of sulfone groups is 1. The van der Waals surface area contributed by atoms with E-state index >= 15 is 0 Å². The number of rotatable bonds is 7. The molecule has 8 nitrogen and oxygen atoms in total. The van der Waals surface area contributed by atoms with Gasteiger partial charge in [-0.2, -0.15) is 0 Å². The molecule has 0 heterocycles. The van der Waals surface area contributed by atoms with Crippen molar-refractivity contribution in [2.75, 3.05) is 18.1 Å². The molecular weight excluding hydrogens is 562 g/mol. The molecule has 208 valence electrons. The van der Waals surface area contributed by atoms with Crippen molar-refractivity contribution < 1.29 is 35.5 Å². The lowest BCUT2D eigenvalue weighted by Crippen LogP contribution is -2.55. The van der Waals surface area contributed by atoms with Crippen LogP contribution in [0.25, 0.3) is 0 Å².